The summed E-state index contributed by atoms with van der Waals surface area (Å²) in [4.78, 5) is 4.10. The third-order valence-corrected chi connectivity index (χ3v) is 1.97. The number of halogens is 1. The number of nitrogens with two attached hydrogens (primary N) is 1. The Labute approximate surface area is 83.2 Å². The van der Waals surface area contributed by atoms with Crippen LogP contribution in [-0.4, -0.2) is 4.98 Å². The highest BCUT2D eigenvalue weighted by Gasteiger charge is 1.96. The lowest BCUT2D eigenvalue weighted by molar-refractivity contribution is 1.07. The van der Waals surface area contributed by atoms with E-state index < -0.39 is 0 Å². The van der Waals surface area contributed by atoms with Crippen LogP contribution in [0.1, 0.15) is 5.56 Å². The summed E-state index contributed by atoms with van der Waals surface area (Å²) in [6, 6.07) is 8.13. The summed E-state index contributed by atoms with van der Waals surface area (Å²) in [5, 5.41) is 2.36. The second-order valence-electron chi connectivity index (χ2n) is 2.72. The molecule has 0 unspecified atom stereocenters. The van der Waals surface area contributed by atoms with Crippen LogP contribution in [0.15, 0.2) is 36.7 Å². The van der Waals surface area contributed by atoms with E-state index in [0.29, 0.717) is 6.54 Å². The van der Waals surface area contributed by atoms with Crippen LogP contribution in [0.2, 0.25) is 0 Å². The maximum absolute atomic E-state index is 5.58. The Morgan fingerprint density at radius 2 is 1.92 bits per heavy atom. The average Bonchev–Trinajstić information content (AvgIpc) is 2.17. The van der Waals surface area contributed by atoms with Crippen LogP contribution in [0.3, 0.4) is 0 Å². The lowest BCUT2D eigenvalue weighted by atomic mass is 10.1. The fraction of sp³-hybridized carbons (Fsp3) is 0.100. The van der Waals surface area contributed by atoms with Crippen molar-refractivity contribution in [1.82, 2.24) is 4.98 Å². The van der Waals surface area contributed by atoms with Gasteiger partial charge in [-0.05, 0) is 10.9 Å². The van der Waals surface area contributed by atoms with Crippen molar-refractivity contribution < 1.29 is 0 Å². The molecule has 13 heavy (non-hydrogen) atoms. The molecule has 0 aliphatic rings. The molecule has 0 saturated heterocycles. The number of pyridine rings is 1. The Hall–Kier alpha value is -1.12. The molecule has 0 fully saturated rings. The summed E-state index contributed by atoms with van der Waals surface area (Å²) in [6.07, 6.45) is 3.68. The van der Waals surface area contributed by atoms with E-state index in [1.165, 1.54) is 5.39 Å². The van der Waals surface area contributed by atoms with Gasteiger partial charge in [-0.25, -0.2) is 0 Å². The zero-order chi connectivity index (χ0) is 8.39. The van der Waals surface area contributed by atoms with E-state index in [9.17, 15) is 0 Å². The molecule has 3 heteroatoms. The molecule has 0 saturated carbocycles. The summed E-state index contributed by atoms with van der Waals surface area (Å²) in [6.45, 7) is 0.550. The van der Waals surface area contributed by atoms with Crippen molar-refractivity contribution in [3.63, 3.8) is 0 Å². The van der Waals surface area contributed by atoms with Gasteiger partial charge in [0.15, 0.2) is 0 Å². The topological polar surface area (TPSA) is 38.9 Å². The predicted octanol–water partition coefficient (Wildman–Crippen LogP) is 2.12. The van der Waals surface area contributed by atoms with Crippen molar-refractivity contribution in [3.05, 3.63) is 42.2 Å². The third kappa shape index (κ3) is 1.79. The van der Waals surface area contributed by atoms with Gasteiger partial charge in [0.1, 0.15) is 0 Å². The van der Waals surface area contributed by atoms with Crippen molar-refractivity contribution in [3.8, 4) is 0 Å². The minimum atomic E-state index is 0. The fourth-order valence-electron chi connectivity index (χ4n) is 1.34. The molecular weight excluding hydrogens is 184 g/mol. The maximum Gasteiger partial charge on any atom is 0.0346 e. The number of nitrogens with zero attached hydrogens (tertiary/aromatic N) is 1. The van der Waals surface area contributed by atoms with Crippen LogP contribution < -0.4 is 5.73 Å². The lowest BCUT2D eigenvalue weighted by Crippen LogP contribution is -1.97. The van der Waals surface area contributed by atoms with E-state index in [-0.39, 0.29) is 12.4 Å². The highest BCUT2D eigenvalue weighted by molar-refractivity contribution is 5.85. The second-order valence-corrected chi connectivity index (χ2v) is 2.72. The first-order valence-electron chi connectivity index (χ1n) is 3.93. The first-order chi connectivity index (χ1) is 5.92. The van der Waals surface area contributed by atoms with E-state index in [4.69, 9.17) is 5.73 Å². The summed E-state index contributed by atoms with van der Waals surface area (Å²) in [7, 11) is 0. The van der Waals surface area contributed by atoms with Crippen LogP contribution in [0.4, 0.5) is 0 Å². The molecule has 0 atom stereocenters. The van der Waals surface area contributed by atoms with Crippen molar-refractivity contribution in [2.24, 2.45) is 5.73 Å². The van der Waals surface area contributed by atoms with Crippen molar-refractivity contribution >= 4 is 23.2 Å². The van der Waals surface area contributed by atoms with Crippen molar-refractivity contribution in [2.75, 3.05) is 0 Å². The molecule has 1 heterocycles. The number of hydrogen-bond acceptors (Lipinski definition) is 2. The van der Waals surface area contributed by atoms with Crippen molar-refractivity contribution in [1.29, 1.82) is 0 Å². The second kappa shape index (κ2) is 4.21. The Balaban J connectivity index is 0.000000845. The van der Waals surface area contributed by atoms with Gasteiger partial charge in [0.05, 0.1) is 0 Å². The van der Waals surface area contributed by atoms with E-state index in [1.807, 2.05) is 30.6 Å². The minimum Gasteiger partial charge on any atom is -0.326 e. The maximum atomic E-state index is 5.58. The number of hydrogen-bond donors (Lipinski definition) is 1. The zero-order valence-electron chi connectivity index (χ0n) is 7.10. The molecule has 0 aliphatic carbocycles. The monoisotopic (exact) mass is 194 g/mol. The molecule has 1 aromatic heterocycles. The van der Waals surface area contributed by atoms with Gasteiger partial charge in [0.25, 0.3) is 0 Å². The van der Waals surface area contributed by atoms with Crippen LogP contribution in [0, 0.1) is 0 Å². The largest absolute Gasteiger partial charge is 0.326 e. The molecule has 2 nitrogen and oxygen atoms in total. The van der Waals surface area contributed by atoms with E-state index in [0.717, 1.165) is 10.9 Å². The zero-order valence-corrected chi connectivity index (χ0v) is 7.92. The quantitative estimate of drug-likeness (QED) is 0.756. The Bertz CT molecular complexity index is 396. The van der Waals surface area contributed by atoms with Crippen LogP contribution in [-0.2, 0) is 6.54 Å². The fourth-order valence-corrected chi connectivity index (χ4v) is 1.34. The molecule has 68 valence electrons. The number of benzene rings is 1. The Morgan fingerprint density at radius 1 is 1.15 bits per heavy atom. The van der Waals surface area contributed by atoms with Crippen LogP contribution >= 0.6 is 12.4 Å². The highest BCUT2D eigenvalue weighted by atomic mass is 35.5. The standard InChI is InChI=1S/C10H10N2.ClH/c11-5-9-7-12-6-8-3-1-2-4-10(8)9;/h1-4,6-7H,5,11H2;1H. The molecule has 0 aliphatic heterocycles. The van der Waals surface area contributed by atoms with Gasteiger partial charge in [0.2, 0.25) is 0 Å². The van der Waals surface area contributed by atoms with Gasteiger partial charge in [-0.3, -0.25) is 4.98 Å². The van der Waals surface area contributed by atoms with Gasteiger partial charge in [0, 0.05) is 24.3 Å². The smallest absolute Gasteiger partial charge is 0.0346 e. The normalized spacial score (nSPS) is 9.62. The van der Waals surface area contributed by atoms with Gasteiger partial charge in [-0.15, -0.1) is 12.4 Å². The molecule has 0 amide bonds. The van der Waals surface area contributed by atoms with Gasteiger partial charge in [-0.1, -0.05) is 24.3 Å². The summed E-state index contributed by atoms with van der Waals surface area (Å²) >= 11 is 0. The van der Waals surface area contributed by atoms with Gasteiger partial charge >= 0.3 is 0 Å². The van der Waals surface area contributed by atoms with E-state index in [2.05, 4.69) is 11.1 Å². The summed E-state index contributed by atoms with van der Waals surface area (Å²) in [5.41, 5.74) is 6.68. The molecule has 0 radical (unpaired) electrons. The molecule has 0 bridgehead atoms. The molecule has 2 rings (SSSR count). The van der Waals surface area contributed by atoms with Crippen LogP contribution in [0.25, 0.3) is 10.8 Å². The van der Waals surface area contributed by atoms with Gasteiger partial charge < -0.3 is 5.73 Å². The van der Waals surface area contributed by atoms with Gasteiger partial charge in [-0.2, -0.15) is 0 Å². The predicted molar refractivity (Wildman–Crippen MR) is 56.9 cm³/mol. The lowest BCUT2D eigenvalue weighted by Gasteiger charge is -2.01. The molecule has 1 aromatic carbocycles. The first kappa shape index (κ1) is 9.96. The van der Waals surface area contributed by atoms with E-state index >= 15 is 0 Å². The van der Waals surface area contributed by atoms with E-state index in [1.54, 1.807) is 0 Å². The molecule has 0 spiro atoms. The average molecular weight is 195 g/mol. The number of fused-ring (bicyclic) bond motifs is 1. The highest BCUT2D eigenvalue weighted by Crippen LogP contribution is 2.15. The number of rotatable bonds is 1. The Morgan fingerprint density at radius 3 is 2.69 bits per heavy atom. The SMILES string of the molecule is Cl.NCc1cncc2ccccc12. The van der Waals surface area contributed by atoms with Crippen LogP contribution in [0.5, 0.6) is 0 Å². The summed E-state index contributed by atoms with van der Waals surface area (Å²) in [5.74, 6) is 0. The summed E-state index contributed by atoms with van der Waals surface area (Å²) < 4.78 is 0. The molecule has 2 aromatic rings. The molecule has 2 N–H and O–H groups in total. The minimum absolute atomic E-state index is 0. The Kier molecular flexibility index (Phi) is 3.23. The number of aromatic nitrogens is 1. The third-order valence-electron chi connectivity index (χ3n) is 1.97. The first-order valence-corrected chi connectivity index (χ1v) is 3.93. The molecular formula is C10H11ClN2. The van der Waals surface area contributed by atoms with Crippen molar-refractivity contribution in [2.45, 2.75) is 6.54 Å².